The van der Waals surface area contributed by atoms with Crippen LogP contribution in [-0.4, -0.2) is 34.5 Å². The third kappa shape index (κ3) is 3.81. The molecule has 0 saturated carbocycles. The van der Waals surface area contributed by atoms with E-state index in [0.717, 1.165) is 0 Å². The van der Waals surface area contributed by atoms with E-state index in [9.17, 15) is 14.4 Å². The van der Waals surface area contributed by atoms with E-state index in [2.05, 4.69) is 10.3 Å². The molecule has 3 rings (SSSR count). The zero-order chi connectivity index (χ0) is 17.8. The summed E-state index contributed by atoms with van der Waals surface area (Å²) in [5.41, 5.74) is 1.79. The first kappa shape index (κ1) is 16.2. The van der Waals surface area contributed by atoms with E-state index < -0.39 is 24.5 Å². The van der Waals surface area contributed by atoms with E-state index in [4.69, 9.17) is 14.3 Å². The lowest BCUT2D eigenvalue weighted by Crippen LogP contribution is -2.21. The van der Waals surface area contributed by atoms with Crippen molar-refractivity contribution in [1.29, 1.82) is 0 Å². The predicted octanol–water partition coefficient (Wildman–Crippen LogP) is 2.32. The minimum Gasteiger partial charge on any atom is -0.478 e. The molecule has 1 amide bonds. The number of ether oxygens (including phenoxy) is 1. The summed E-state index contributed by atoms with van der Waals surface area (Å²) in [6.07, 6.45) is 1.27. The molecule has 0 spiro atoms. The number of carbonyl (C=O) groups excluding carboxylic acids is 2. The molecule has 3 aromatic rings. The fourth-order valence-electron chi connectivity index (χ4n) is 2.09. The summed E-state index contributed by atoms with van der Waals surface area (Å²) in [6.45, 7) is -0.478. The molecule has 0 saturated heterocycles. The Labute approximate surface area is 141 Å². The molecule has 0 aliphatic carbocycles. The van der Waals surface area contributed by atoms with Crippen LogP contribution in [0.1, 0.15) is 20.7 Å². The van der Waals surface area contributed by atoms with E-state index in [1.807, 2.05) is 0 Å². The Morgan fingerprint density at radius 1 is 1.08 bits per heavy atom. The average molecular weight is 340 g/mol. The highest BCUT2D eigenvalue weighted by molar-refractivity contribution is 5.97. The molecule has 8 nitrogen and oxygen atoms in total. The summed E-state index contributed by atoms with van der Waals surface area (Å²) < 4.78 is 10.0. The van der Waals surface area contributed by atoms with Gasteiger partial charge in [0, 0.05) is 5.69 Å². The van der Waals surface area contributed by atoms with Gasteiger partial charge in [0.1, 0.15) is 5.52 Å². The summed E-state index contributed by atoms with van der Waals surface area (Å²) in [7, 11) is 0. The number of nitrogens with zero attached hydrogens (tertiary/aromatic N) is 1. The number of hydrogen-bond acceptors (Lipinski definition) is 6. The molecule has 0 bridgehead atoms. The molecule has 2 N–H and O–H groups in total. The average Bonchev–Trinajstić information content (AvgIpc) is 3.07. The van der Waals surface area contributed by atoms with Crippen LogP contribution in [0.2, 0.25) is 0 Å². The molecule has 8 heteroatoms. The number of fused-ring (bicyclic) bond motifs is 1. The molecular formula is C17H12N2O6. The van der Waals surface area contributed by atoms with Crippen molar-refractivity contribution in [3.63, 3.8) is 0 Å². The summed E-state index contributed by atoms with van der Waals surface area (Å²) in [5.74, 6) is -2.28. The van der Waals surface area contributed by atoms with Gasteiger partial charge in [-0.15, -0.1) is 0 Å². The Hall–Kier alpha value is -3.68. The molecule has 0 aliphatic heterocycles. The van der Waals surface area contributed by atoms with Gasteiger partial charge in [0.05, 0.1) is 11.1 Å². The van der Waals surface area contributed by atoms with E-state index in [-0.39, 0.29) is 11.1 Å². The summed E-state index contributed by atoms with van der Waals surface area (Å²) in [4.78, 5) is 38.5. The second-order valence-corrected chi connectivity index (χ2v) is 5.04. The Kier molecular flexibility index (Phi) is 4.42. The molecule has 25 heavy (non-hydrogen) atoms. The summed E-state index contributed by atoms with van der Waals surface area (Å²) >= 11 is 0. The maximum absolute atomic E-state index is 12.0. The minimum atomic E-state index is -1.06. The van der Waals surface area contributed by atoms with Gasteiger partial charge in [0.25, 0.3) is 5.91 Å². The number of aromatic carboxylic acids is 1. The van der Waals surface area contributed by atoms with Gasteiger partial charge in [-0.1, -0.05) is 0 Å². The Bertz CT molecular complexity index is 945. The van der Waals surface area contributed by atoms with Gasteiger partial charge in [-0.25, -0.2) is 14.6 Å². The number of aromatic nitrogens is 1. The number of benzene rings is 2. The first-order valence-electron chi connectivity index (χ1n) is 7.16. The number of esters is 1. The second-order valence-electron chi connectivity index (χ2n) is 5.04. The van der Waals surface area contributed by atoms with E-state index in [0.29, 0.717) is 16.8 Å². The van der Waals surface area contributed by atoms with Crippen LogP contribution in [0, 0.1) is 0 Å². The number of carbonyl (C=O) groups is 3. The van der Waals surface area contributed by atoms with Crippen LogP contribution in [0.3, 0.4) is 0 Å². The molecule has 0 radical (unpaired) electrons. The zero-order valence-corrected chi connectivity index (χ0v) is 12.8. The van der Waals surface area contributed by atoms with Gasteiger partial charge in [0.15, 0.2) is 18.6 Å². The lowest BCUT2D eigenvalue weighted by atomic mass is 10.2. The van der Waals surface area contributed by atoms with E-state index >= 15 is 0 Å². The fourth-order valence-corrected chi connectivity index (χ4v) is 2.09. The zero-order valence-electron chi connectivity index (χ0n) is 12.8. The molecular weight excluding hydrogens is 328 g/mol. The van der Waals surface area contributed by atoms with Crippen molar-refractivity contribution in [3.05, 3.63) is 60.0 Å². The number of carboxylic acids is 1. The number of oxazole rings is 1. The Morgan fingerprint density at radius 2 is 1.80 bits per heavy atom. The molecule has 1 aromatic heterocycles. The van der Waals surface area contributed by atoms with Crippen LogP contribution in [0.15, 0.2) is 53.3 Å². The number of hydrogen-bond donors (Lipinski definition) is 2. The van der Waals surface area contributed by atoms with E-state index in [1.54, 1.807) is 6.07 Å². The highest BCUT2D eigenvalue weighted by Crippen LogP contribution is 2.15. The van der Waals surface area contributed by atoms with Crippen molar-refractivity contribution < 1.29 is 28.6 Å². The normalized spacial score (nSPS) is 10.4. The third-order valence-corrected chi connectivity index (χ3v) is 3.32. The molecule has 126 valence electrons. The number of amides is 1. The van der Waals surface area contributed by atoms with Crippen LogP contribution in [0.25, 0.3) is 11.1 Å². The van der Waals surface area contributed by atoms with Crippen molar-refractivity contribution in [2.45, 2.75) is 0 Å². The largest absolute Gasteiger partial charge is 0.478 e. The van der Waals surface area contributed by atoms with Gasteiger partial charge in [-0.3, -0.25) is 4.79 Å². The van der Waals surface area contributed by atoms with Crippen LogP contribution >= 0.6 is 0 Å². The Morgan fingerprint density at radius 3 is 2.52 bits per heavy atom. The van der Waals surface area contributed by atoms with Gasteiger partial charge in [0.2, 0.25) is 0 Å². The van der Waals surface area contributed by atoms with Crippen LogP contribution in [-0.2, 0) is 9.53 Å². The molecule has 0 aliphatic rings. The molecule has 0 unspecified atom stereocenters. The lowest BCUT2D eigenvalue weighted by Gasteiger charge is -2.07. The van der Waals surface area contributed by atoms with E-state index in [1.165, 1.54) is 42.8 Å². The van der Waals surface area contributed by atoms with Crippen molar-refractivity contribution in [2.75, 3.05) is 11.9 Å². The fraction of sp³-hybridized carbons (Fsp3) is 0.0588. The smallest absolute Gasteiger partial charge is 0.338 e. The monoisotopic (exact) mass is 340 g/mol. The van der Waals surface area contributed by atoms with Crippen molar-refractivity contribution in [2.24, 2.45) is 0 Å². The van der Waals surface area contributed by atoms with Crippen LogP contribution in [0.4, 0.5) is 5.69 Å². The number of carboxylic acid groups (broad SMARTS) is 1. The van der Waals surface area contributed by atoms with Crippen LogP contribution < -0.4 is 5.32 Å². The second kappa shape index (κ2) is 6.83. The number of rotatable bonds is 5. The van der Waals surface area contributed by atoms with Crippen molar-refractivity contribution in [1.82, 2.24) is 4.98 Å². The molecule has 0 atom stereocenters. The Balaban J connectivity index is 1.56. The molecule has 1 heterocycles. The highest BCUT2D eigenvalue weighted by Gasteiger charge is 2.12. The maximum atomic E-state index is 12.0. The van der Waals surface area contributed by atoms with Gasteiger partial charge in [-0.2, -0.15) is 0 Å². The number of nitrogens with one attached hydrogen (secondary N) is 1. The molecule has 2 aromatic carbocycles. The molecule has 0 fully saturated rings. The standard InChI is InChI=1S/C17H12N2O6/c20-15(19-12-4-1-10(2-5-12)16(21)22)8-24-17(23)11-3-6-13-14(7-11)25-9-18-13/h1-7,9H,8H2,(H,19,20)(H,21,22). The summed E-state index contributed by atoms with van der Waals surface area (Å²) in [6, 6.07) is 10.2. The van der Waals surface area contributed by atoms with Gasteiger partial charge < -0.3 is 19.6 Å². The van der Waals surface area contributed by atoms with Gasteiger partial charge in [-0.05, 0) is 42.5 Å². The topological polar surface area (TPSA) is 119 Å². The van der Waals surface area contributed by atoms with Crippen molar-refractivity contribution >= 4 is 34.6 Å². The lowest BCUT2D eigenvalue weighted by molar-refractivity contribution is -0.119. The van der Waals surface area contributed by atoms with Crippen molar-refractivity contribution in [3.8, 4) is 0 Å². The van der Waals surface area contributed by atoms with Gasteiger partial charge >= 0.3 is 11.9 Å². The third-order valence-electron chi connectivity index (χ3n) is 3.32. The highest BCUT2D eigenvalue weighted by atomic mass is 16.5. The SMILES string of the molecule is O=C(COC(=O)c1ccc2ncoc2c1)Nc1ccc(C(=O)O)cc1. The van der Waals surface area contributed by atoms with Crippen LogP contribution in [0.5, 0.6) is 0 Å². The first-order valence-corrected chi connectivity index (χ1v) is 7.16. The summed E-state index contributed by atoms with van der Waals surface area (Å²) in [5, 5.41) is 11.3. The maximum Gasteiger partial charge on any atom is 0.338 e. The quantitative estimate of drug-likeness (QED) is 0.684. The predicted molar refractivity (Wildman–Crippen MR) is 86.3 cm³/mol. The minimum absolute atomic E-state index is 0.104. The first-order chi connectivity index (χ1) is 12.0. The number of anilines is 1.